The molecule has 0 unspecified atom stereocenters. The second kappa shape index (κ2) is 5.71. The third-order valence-electron chi connectivity index (χ3n) is 2.66. The van der Waals surface area contributed by atoms with Crippen LogP contribution in [-0.4, -0.2) is 10.9 Å². The van der Waals surface area contributed by atoms with Gasteiger partial charge in [0.25, 0.3) is 5.91 Å². The number of halogens is 2. The Balaban J connectivity index is 2.33. The van der Waals surface area contributed by atoms with Gasteiger partial charge in [-0.25, -0.2) is 4.98 Å². The van der Waals surface area contributed by atoms with E-state index in [0.717, 1.165) is 10.0 Å². The minimum Gasteiger partial charge on any atom is -0.398 e. The van der Waals surface area contributed by atoms with Crippen molar-refractivity contribution in [2.24, 2.45) is 0 Å². The zero-order valence-corrected chi connectivity index (χ0v) is 13.2. The van der Waals surface area contributed by atoms with Gasteiger partial charge in [0.05, 0.1) is 5.69 Å². The number of hydrogen-bond donors (Lipinski definition) is 2. The average Bonchev–Trinajstić information content (AvgIpc) is 2.36. The van der Waals surface area contributed by atoms with Crippen LogP contribution in [-0.2, 0) is 0 Å². The van der Waals surface area contributed by atoms with E-state index < -0.39 is 0 Å². The van der Waals surface area contributed by atoms with Crippen LogP contribution in [0.4, 0.5) is 11.4 Å². The van der Waals surface area contributed by atoms with E-state index in [2.05, 4.69) is 42.2 Å². The van der Waals surface area contributed by atoms with Crippen molar-refractivity contribution in [1.82, 2.24) is 4.98 Å². The Morgan fingerprint density at radius 1 is 1.37 bits per heavy atom. The summed E-state index contributed by atoms with van der Waals surface area (Å²) >= 11 is 6.62. The van der Waals surface area contributed by atoms with E-state index in [-0.39, 0.29) is 5.91 Å². The van der Waals surface area contributed by atoms with Gasteiger partial charge in [-0.05, 0) is 52.7 Å². The van der Waals surface area contributed by atoms with E-state index in [1.165, 1.54) is 0 Å². The van der Waals surface area contributed by atoms with Crippen LogP contribution in [0.3, 0.4) is 0 Å². The smallest absolute Gasteiger partial charge is 0.256 e. The highest BCUT2D eigenvalue weighted by Gasteiger charge is 2.13. The van der Waals surface area contributed by atoms with Crippen molar-refractivity contribution >= 4 is 49.1 Å². The van der Waals surface area contributed by atoms with E-state index in [1.807, 2.05) is 6.92 Å². The highest BCUT2D eigenvalue weighted by atomic mass is 79.9. The predicted octanol–water partition coefficient (Wildman–Crippen LogP) is 3.75. The number of pyridine rings is 1. The van der Waals surface area contributed by atoms with Gasteiger partial charge in [-0.1, -0.05) is 15.9 Å². The molecule has 3 N–H and O–H groups in total. The Labute approximate surface area is 127 Å². The predicted molar refractivity (Wildman–Crippen MR) is 83.2 cm³/mol. The molecular formula is C13H11Br2N3O. The molecule has 0 atom stereocenters. The number of carbonyl (C=O) groups is 1. The van der Waals surface area contributed by atoms with E-state index in [0.29, 0.717) is 21.5 Å². The summed E-state index contributed by atoms with van der Waals surface area (Å²) in [5.41, 5.74) is 8.32. The van der Waals surface area contributed by atoms with Crippen LogP contribution in [0.25, 0.3) is 0 Å². The lowest BCUT2D eigenvalue weighted by molar-refractivity contribution is 0.102. The van der Waals surface area contributed by atoms with Crippen molar-refractivity contribution in [2.75, 3.05) is 11.1 Å². The van der Waals surface area contributed by atoms with E-state index in [1.54, 1.807) is 30.5 Å². The molecule has 0 aliphatic heterocycles. The quantitative estimate of drug-likeness (QED) is 0.612. The fourth-order valence-corrected chi connectivity index (χ4v) is 2.43. The summed E-state index contributed by atoms with van der Waals surface area (Å²) in [6.07, 6.45) is 1.64. The highest BCUT2D eigenvalue weighted by molar-refractivity contribution is 9.10. The topological polar surface area (TPSA) is 68.0 Å². The lowest BCUT2D eigenvalue weighted by atomic mass is 10.1. The first-order valence-corrected chi connectivity index (χ1v) is 7.05. The van der Waals surface area contributed by atoms with Crippen LogP contribution in [0.5, 0.6) is 0 Å². The minimum absolute atomic E-state index is 0.223. The molecular weight excluding hydrogens is 374 g/mol. The molecule has 0 radical (unpaired) electrons. The van der Waals surface area contributed by atoms with Crippen LogP contribution in [0.1, 0.15) is 15.9 Å². The molecule has 1 aromatic heterocycles. The summed E-state index contributed by atoms with van der Waals surface area (Å²) in [4.78, 5) is 16.3. The van der Waals surface area contributed by atoms with Crippen molar-refractivity contribution < 1.29 is 4.79 Å². The zero-order valence-electron chi connectivity index (χ0n) is 10.1. The van der Waals surface area contributed by atoms with E-state index in [4.69, 9.17) is 5.73 Å². The van der Waals surface area contributed by atoms with Gasteiger partial charge in [0.2, 0.25) is 0 Å². The van der Waals surface area contributed by atoms with Crippen LogP contribution in [0.15, 0.2) is 39.5 Å². The number of nitrogens with zero attached hydrogens (tertiary/aromatic N) is 1. The Hall–Kier alpha value is -1.40. The molecule has 0 fully saturated rings. The Bertz CT molecular complexity index is 644. The molecule has 0 saturated heterocycles. The first kappa shape index (κ1) is 14.0. The van der Waals surface area contributed by atoms with Gasteiger partial charge >= 0.3 is 0 Å². The molecule has 1 aromatic carbocycles. The first-order chi connectivity index (χ1) is 8.99. The molecule has 1 heterocycles. The van der Waals surface area contributed by atoms with Crippen LogP contribution in [0, 0.1) is 6.92 Å². The van der Waals surface area contributed by atoms with Gasteiger partial charge in [0.1, 0.15) is 4.60 Å². The molecule has 2 rings (SSSR count). The molecule has 0 spiro atoms. The van der Waals surface area contributed by atoms with Gasteiger partial charge in [-0.3, -0.25) is 4.79 Å². The second-order valence-electron chi connectivity index (χ2n) is 3.96. The van der Waals surface area contributed by atoms with Gasteiger partial charge in [-0.15, -0.1) is 0 Å². The summed E-state index contributed by atoms with van der Waals surface area (Å²) in [5.74, 6) is -0.223. The summed E-state index contributed by atoms with van der Waals surface area (Å²) in [6.45, 7) is 1.81. The number of carbonyl (C=O) groups excluding carboxylic acids is 1. The van der Waals surface area contributed by atoms with Gasteiger partial charge in [0.15, 0.2) is 0 Å². The van der Waals surface area contributed by atoms with Crippen LogP contribution >= 0.6 is 31.9 Å². The standard InChI is InChI=1S/C13H11Br2N3O/c1-7-9(5-8(14)6-10(7)16)13(19)18-11-3-2-4-17-12(11)15/h2-6H,16H2,1H3,(H,18,19). The van der Waals surface area contributed by atoms with E-state index in [9.17, 15) is 4.79 Å². The monoisotopic (exact) mass is 383 g/mol. The maximum atomic E-state index is 12.3. The Morgan fingerprint density at radius 2 is 2.11 bits per heavy atom. The molecule has 0 bridgehead atoms. The second-order valence-corrected chi connectivity index (χ2v) is 5.63. The fraction of sp³-hybridized carbons (Fsp3) is 0.0769. The number of hydrogen-bond acceptors (Lipinski definition) is 3. The van der Waals surface area contributed by atoms with Gasteiger partial charge in [0, 0.05) is 21.9 Å². The maximum Gasteiger partial charge on any atom is 0.256 e. The third kappa shape index (κ3) is 3.13. The summed E-state index contributed by atoms with van der Waals surface area (Å²) < 4.78 is 1.36. The summed E-state index contributed by atoms with van der Waals surface area (Å²) in [7, 11) is 0. The normalized spacial score (nSPS) is 10.3. The number of nitrogens with two attached hydrogens (primary N) is 1. The van der Waals surface area contributed by atoms with Crippen molar-refractivity contribution in [2.45, 2.75) is 6.92 Å². The molecule has 6 heteroatoms. The van der Waals surface area contributed by atoms with Crippen molar-refractivity contribution in [3.05, 3.63) is 50.7 Å². The molecule has 0 aliphatic carbocycles. The lowest BCUT2D eigenvalue weighted by Gasteiger charge is -2.11. The largest absolute Gasteiger partial charge is 0.398 e. The molecule has 19 heavy (non-hydrogen) atoms. The first-order valence-electron chi connectivity index (χ1n) is 5.46. The number of nitrogen functional groups attached to an aromatic ring is 1. The molecule has 98 valence electrons. The Kier molecular flexibility index (Phi) is 4.21. The number of rotatable bonds is 2. The molecule has 4 nitrogen and oxygen atoms in total. The van der Waals surface area contributed by atoms with E-state index >= 15 is 0 Å². The average molecular weight is 385 g/mol. The SMILES string of the molecule is Cc1c(N)cc(Br)cc1C(=O)Nc1cccnc1Br. The summed E-state index contributed by atoms with van der Waals surface area (Å²) in [5, 5.41) is 2.80. The number of amides is 1. The van der Waals surface area contributed by atoms with Crippen LogP contribution < -0.4 is 11.1 Å². The van der Waals surface area contributed by atoms with Crippen molar-refractivity contribution in [3.63, 3.8) is 0 Å². The minimum atomic E-state index is -0.223. The number of nitrogens with one attached hydrogen (secondary N) is 1. The molecule has 2 aromatic rings. The zero-order chi connectivity index (χ0) is 14.0. The van der Waals surface area contributed by atoms with Gasteiger partial charge in [-0.2, -0.15) is 0 Å². The van der Waals surface area contributed by atoms with Crippen molar-refractivity contribution in [1.29, 1.82) is 0 Å². The van der Waals surface area contributed by atoms with Crippen LogP contribution in [0.2, 0.25) is 0 Å². The molecule has 1 amide bonds. The molecule has 0 saturated carbocycles. The highest BCUT2D eigenvalue weighted by Crippen LogP contribution is 2.25. The molecule has 0 aliphatic rings. The van der Waals surface area contributed by atoms with Gasteiger partial charge < -0.3 is 11.1 Å². The lowest BCUT2D eigenvalue weighted by Crippen LogP contribution is -2.15. The fourth-order valence-electron chi connectivity index (χ4n) is 1.60. The summed E-state index contributed by atoms with van der Waals surface area (Å²) in [6, 6.07) is 7.03. The Morgan fingerprint density at radius 3 is 2.79 bits per heavy atom. The van der Waals surface area contributed by atoms with Crippen molar-refractivity contribution in [3.8, 4) is 0 Å². The number of anilines is 2. The maximum absolute atomic E-state index is 12.3. The number of aromatic nitrogens is 1. The number of benzene rings is 1. The third-order valence-corrected chi connectivity index (χ3v) is 3.75.